The molecule has 1 amide bonds. The molecule has 1 aliphatic carbocycles. The maximum atomic E-state index is 11.5. The topological polar surface area (TPSA) is 88.6 Å². The van der Waals surface area contributed by atoms with Crippen LogP contribution in [-0.4, -0.2) is 45.8 Å². The Balaban J connectivity index is 1.52. The van der Waals surface area contributed by atoms with Crippen molar-refractivity contribution in [2.45, 2.75) is 38.6 Å². The number of aryl methyl sites for hydroxylation is 1. The zero-order chi connectivity index (χ0) is 22.5. The molecule has 1 atom stereocenters. The highest BCUT2D eigenvalue weighted by molar-refractivity contribution is 5.94. The van der Waals surface area contributed by atoms with E-state index in [-0.39, 0.29) is 6.61 Å². The molecule has 6 nitrogen and oxygen atoms in total. The lowest BCUT2D eigenvalue weighted by Gasteiger charge is -2.29. The van der Waals surface area contributed by atoms with Crippen molar-refractivity contribution in [3.63, 3.8) is 0 Å². The molecule has 4 rings (SSSR count). The second-order valence-electron chi connectivity index (χ2n) is 8.49. The lowest BCUT2D eigenvalue weighted by molar-refractivity contribution is -0.124. The minimum absolute atomic E-state index is 0.193. The molecule has 1 aliphatic rings. The highest BCUT2D eigenvalue weighted by Gasteiger charge is 2.28. The van der Waals surface area contributed by atoms with E-state index >= 15 is 0 Å². The van der Waals surface area contributed by atoms with Crippen LogP contribution in [0.4, 0.5) is 0 Å². The summed E-state index contributed by atoms with van der Waals surface area (Å²) in [6.07, 6.45) is 7.28. The van der Waals surface area contributed by atoms with Crippen LogP contribution in [0.1, 0.15) is 48.1 Å². The first kappa shape index (κ1) is 22.3. The fourth-order valence-electron chi connectivity index (χ4n) is 4.83. The van der Waals surface area contributed by atoms with E-state index in [4.69, 9.17) is 5.21 Å². The number of amides is 1. The summed E-state index contributed by atoms with van der Waals surface area (Å²) in [4.78, 5) is 17.3. The summed E-state index contributed by atoms with van der Waals surface area (Å²) in [5.41, 5.74) is 8.61. The van der Waals surface area contributed by atoms with Crippen molar-refractivity contribution in [3.8, 4) is 0 Å². The molecule has 6 heteroatoms. The number of aromatic amines is 1. The Morgan fingerprint density at radius 1 is 1.25 bits per heavy atom. The van der Waals surface area contributed by atoms with Crippen LogP contribution in [-0.2, 0) is 17.6 Å². The van der Waals surface area contributed by atoms with Gasteiger partial charge in [-0.3, -0.25) is 14.9 Å². The monoisotopic (exact) mass is 433 g/mol. The average Bonchev–Trinajstić information content (AvgIpc) is 3.43. The Morgan fingerprint density at radius 2 is 2.09 bits per heavy atom. The Labute approximate surface area is 188 Å². The number of rotatable bonds is 9. The van der Waals surface area contributed by atoms with E-state index in [1.807, 2.05) is 13.0 Å². The van der Waals surface area contributed by atoms with Crippen LogP contribution in [0.15, 0.2) is 54.7 Å². The number of aliphatic hydroxyl groups excluding tert-OH is 1. The molecule has 1 unspecified atom stereocenters. The summed E-state index contributed by atoms with van der Waals surface area (Å²) in [6, 6.07) is 15.1. The maximum Gasteiger partial charge on any atom is 0.267 e. The second-order valence-corrected chi connectivity index (χ2v) is 8.49. The number of nitrogens with one attached hydrogen (secondary N) is 2. The number of hydrogen-bond acceptors (Lipinski definition) is 4. The molecule has 0 radical (unpaired) electrons. The van der Waals surface area contributed by atoms with Gasteiger partial charge in [0.05, 0.1) is 0 Å². The van der Waals surface area contributed by atoms with Crippen LogP contribution in [0.2, 0.25) is 0 Å². The van der Waals surface area contributed by atoms with Gasteiger partial charge in [-0.2, -0.15) is 0 Å². The summed E-state index contributed by atoms with van der Waals surface area (Å²) >= 11 is 0. The van der Waals surface area contributed by atoms with Crippen molar-refractivity contribution in [1.29, 1.82) is 0 Å². The van der Waals surface area contributed by atoms with E-state index < -0.39 is 5.91 Å². The van der Waals surface area contributed by atoms with Crippen LogP contribution in [0.25, 0.3) is 16.5 Å². The summed E-state index contributed by atoms with van der Waals surface area (Å²) < 4.78 is 0. The molecule has 1 heterocycles. The minimum atomic E-state index is -0.520. The first-order valence-electron chi connectivity index (χ1n) is 11.3. The molecule has 2 aromatic carbocycles. The van der Waals surface area contributed by atoms with Gasteiger partial charge in [0.2, 0.25) is 0 Å². The first-order chi connectivity index (χ1) is 15.6. The number of carbonyl (C=O) groups is 1. The van der Waals surface area contributed by atoms with Gasteiger partial charge in [0, 0.05) is 48.9 Å². The molecule has 0 aliphatic heterocycles. The standard InChI is InChI=1S/C26H31N3O3/c1-18(15-26(31)28-32)19-7-9-23-20(16-19)8-10-25(23)29(12-4-14-30)13-11-21-17-27-24-6-3-2-5-22(21)24/h2-3,5-7,9,15-17,25,27,30,32H,4,8,10-14H2,1H3,(H,28,31)/b18-15-. The Kier molecular flexibility index (Phi) is 7.05. The summed E-state index contributed by atoms with van der Waals surface area (Å²) in [5.74, 6) is -0.520. The molecular weight excluding hydrogens is 402 g/mol. The van der Waals surface area contributed by atoms with Crippen molar-refractivity contribution in [3.05, 3.63) is 77.0 Å². The lowest BCUT2D eigenvalue weighted by atomic mass is 9.99. The number of allylic oxidation sites excluding steroid dienone is 1. The molecule has 0 saturated heterocycles. The Bertz CT molecular complexity index is 1120. The molecule has 4 N–H and O–H groups in total. The quantitative estimate of drug-likeness (QED) is 0.233. The second kappa shape index (κ2) is 10.1. The Hall–Kier alpha value is -2.93. The molecule has 0 saturated carbocycles. The highest BCUT2D eigenvalue weighted by atomic mass is 16.5. The van der Waals surface area contributed by atoms with Crippen LogP contribution in [0, 0.1) is 0 Å². The van der Waals surface area contributed by atoms with Crippen molar-refractivity contribution in [2.24, 2.45) is 0 Å². The van der Waals surface area contributed by atoms with E-state index in [1.54, 1.807) is 5.48 Å². The third-order valence-corrected chi connectivity index (χ3v) is 6.49. The molecule has 168 valence electrons. The number of aromatic nitrogens is 1. The van der Waals surface area contributed by atoms with Crippen LogP contribution < -0.4 is 5.48 Å². The van der Waals surface area contributed by atoms with Gasteiger partial charge in [0.15, 0.2) is 0 Å². The zero-order valence-corrected chi connectivity index (χ0v) is 18.5. The largest absolute Gasteiger partial charge is 0.396 e. The molecule has 0 fully saturated rings. The number of aliphatic hydroxyl groups is 1. The third-order valence-electron chi connectivity index (χ3n) is 6.49. The molecular formula is C26H31N3O3. The average molecular weight is 434 g/mol. The predicted molar refractivity (Wildman–Crippen MR) is 126 cm³/mol. The van der Waals surface area contributed by atoms with E-state index in [2.05, 4.69) is 52.5 Å². The summed E-state index contributed by atoms with van der Waals surface area (Å²) in [5, 5.41) is 19.5. The van der Waals surface area contributed by atoms with Gasteiger partial charge in [-0.05, 0) is 66.5 Å². The number of fused-ring (bicyclic) bond motifs is 2. The third kappa shape index (κ3) is 4.78. The van der Waals surface area contributed by atoms with Crippen molar-refractivity contribution in [1.82, 2.24) is 15.4 Å². The molecule has 0 spiro atoms. The fourth-order valence-corrected chi connectivity index (χ4v) is 4.83. The summed E-state index contributed by atoms with van der Waals surface area (Å²) in [6.45, 7) is 3.86. The molecule has 3 aromatic rings. The van der Waals surface area contributed by atoms with Gasteiger partial charge < -0.3 is 10.1 Å². The smallest absolute Gasteiger partial charge is 0.267 e. The number of hydrogen-bond donors (Lipinski definition) is 4. The van der Waals surface area contributed by atoms with Crippen LogP contribution >= 0.6 is 0 Å². The van der Waals surface area contributed by atoms with Gasteiger partial charge in [-0.15, -0.1) is 0 Å². The molecule has 0 bridgehead atoms. The zero-order valence-electron chi connectivity index (χ0n) is 18.5. The van der Waals surface area contributed by atoms with Gasteiger partial charge in [0.1, 0.15) is 0 Å². The normalized spacial score (nSPS) is 16.0. The highest BCUT2D eigenvalue weighted by Crippen LogP contribution is 2.37. The van der Waals surface area contributed by atoms with E-state index in [9.17, 15) is 9.90 Å². The first-order valence-corrected chi connectivity index (χ1v) is 11.3. The van der Waals surface area contributed by atoms with Crippen molar-refractivity contribution in [2.75, 3.05) is 19.7 Å². The van der Waals surface area contributed by atoms with Gasteiger partial charge >= 0.3 is 0 Å². The fraction of sp³-hybridized carbons (Fsp3) is 0.346. The number of carbonyl (C=O) groups excluding carboxylic acids is 1. The molecule has 32 heavy (non-hydrogen) atoms. The predicted octanol–water partition coefficient (Wildman–Crippen LogP) is 3.99. The van der Waals surface area contributed by atoms with Crippen LogP contribution in [0.5, 0.6) is 0 Å². The van der Waals surface area contributed by atoms with E-state index in [0.29, 0.717) is 6.04 Å². The number of benzene rings is 2. The van der Waals surface area contributed by atoms with Gasteiger partial charge in [0.25, 0.3) is 5.91 Å². The van der Waals surface area contributed by atoms with Gasteiger partial charge in [-0.1, -0.05) is 36.4 Å². The summed E-state index contributed by atoms with van der Waals surface area (Å²) in [7, 11) is 0. The lowest BCUT2D eigenvalue weighted by Crippen LogP contribution is -2.31. The van der Waals surface area contributed by atoms with Crippen LogP contribution in [0.3, 0.4) is 0 Å². The van der Waals surface area contributed by atoms with E-state index in [0.717, 1.165) is 49.9 Å². The number of H-pyrrole nitrogens is 1. The minimum Gasteiger partial charge on any atom is -0.396 e. The number of nitrogens with zero attached hydrogens (tertiary/aromatic N) is 1. The Morgan fingerprint density at radius 3 is 2.91 bits per heavy atom. The van der Waals surface area contributed by atoms with Crippen molar-refractivity contribution < 1.29 is 15.1 Å². The van der Waals surface area contributed by atoms with Crippen molar-refractivity contribution >= 4 is 22.4 Å². The van der Waals surface area contributed by atoms with E-state index in [1.165, 1.54) is 33.7 Å². The maximum absolute atomic E-state index is 11.5. The van der Waals surface area contributed by atoms with Gasteiger partial charge in [-0.25, -0.2) is 5.48 Å². The molecule has 1 aromatic heterocycles. The SMILES string of the molecule is C/C(=C/C(=O)NO)c1ccc2c(c1)CCC2N(CCCO)CCc1c[nH]c2ccccc12. The number of hydroxylamine groups is 1. The number of para-hydroxylation sites is 1.